The average molecular weight is 427 g/mol. The van der Waals surface area contributed by atoms with Gasteiger partial charge >= 0.3 is 6.09 Å². The van der Waals surface area contributed by atoms with Gasteiger partial charge in [-0.15, -0.1) is 11.3 Å². The lowest BCUT2D eigenvalue weighted by atomic mass is 9.85. The fraction of sp³-hybridized carbons (Fsp3) is 0.409. The van der Waals surface area contributed by atoms with Gasteiger partial charge in [-0.05, 0) is 54.5 Å². The third-order valence-electron chi connectivity index (χ3n) is 5.83. The summed E-state index contributed by atoms with van der Waals surface area (Å²) in [6, 6.07) is 7.84. The molecule has 4 heterocycles. The number of carboxylic acid groups (broad SMARTS) is 1. The lowest BCUT2D eigenvalue weighted by Crippen LogP contribution is -2.47. The van der Waals surface area contributed by atoms with Crippen molar-refractivity contribution in [1.29, 1.82) is 0 Å². The van der Waals surface area contributed by atoms with E-state index in [0.29, 0.717) is 23.9 Å². The number of rotatable bonds is 5. The zero-order chi connectivity index (χ0) is 21.3. The molecule has 0 radical (unpaired) electrons. The van der Waals surface area contributed by atoms with Gasteiger partial charge in [0.15, 0.2) is 0 Å². The number of aromatic nitrogens is 2. The Labute approximate surface area is 179 Å². The molecule has 3 aromatic rings. The fourth-order valence-electron chi connectivity index (χ4n) is 4.15. The number of nitrogens with zero attached hydrogens (tertiary/aromatic N) is 3. The van der Waals surface area contributed by atoms with Gasteiger partial charge in [-0.2, -0.15) is 0 Å². The molecule has 1 fully saturated rings. The highest BCUT2D eigenvalue weighted by molar-refractivity contribution is 7.14. The van der Waals surface area contributed by atoms with Gasteiger partial charge in [0.1, 0.15) is 5.65 Å². The number of imidazole rings is 1. The molecule has 1 aliphatic heterocycles. The van der Waals surface area contributed by atoms with Crippen LogP contribution in [0, 0.1) is 5.92 Å². The van der Waals surface area contributed by atoms with Crippen molar-refractivity contribution in [2.24, 2.45) is 5.92 Å². The molecule has 4 rings (SSSR count). The highest BCUT2D eigenvalue weighted by Gasteiger charge is 2.34. The quantitative estimate of drug-likeness (QED) is 0.640. The number of amides is 2. The normalized spacial score (nSPS) is 19.4. The highest BCUT2D eigenvalue weighted by atomic mass is 32.1. The summed E-state index contributed by atoms with van der Waals surface area (Å²) in [4.78, 5) is 31.8. The number of carbonyl (C=O) groups is 2. The molecular weight excluding hydrogens is 400 g/mol. The number of nitrogens with one attached hydrogen (secondary N) is 1. The number of hydrogen-bond donors (Lipinski definition) is 2. The molecule has 2 unspecified atom stereocenters. The van der Waals surface area contributed by atoms with Crippen LogP contribution in [-0.4, -0.2) is 44.0 Å². The lowest BCUT2D eigenvalue weighted by Gasteiger charge is -2.39. The fourth-order valence-corrected chi connectivity index (χ4v) is 5.22. The topological polar surface area (TPSA) is 86.9 Å². The van der Waals surface area contributed by atoms with Crippen molar-refractivity contribution in [3.8, 4) is 0 Å². The van der Waals surface area contributed by atoms with Crippen LogP contribution in [-0.2, 0) is 6.54 Å². The first-order chi connectivity index (χ1) is 14.4. The summed E-state index contributed by atoms with van der Waals surface area (Å²) >= 11 is 1.52. The number of pyridine rings is 1. The Bertz CT molecular complexity index is 1060. The number of likely N-dealkylation sites (tertiary alicyclic amines) is 1. The molecule has 0 bridgehead atoms. The van der Waals surface area contributed by atoms with E-state index in [1.807, 2.05) is 41.1 Å². The summed E-state index contributed by atoms with van der Waals surface area (Å²) in [5.74, 6) is 0.472. The van der Waals surface area contributed by atoms with E-state index in [9.17, 15) is 14.7 Å². The van der Waals surface area contributed by atoms with Crippen molar-refractivity contribution in [2.75, 3.05) is 6.54 Å². The Morgan fingerprint density at radius 2 is 2.13 bits per heavy atom. The molecular formula is C22H26N4O3S. The average Bonchev–Trinajstić information content (AvgIpc) is 3.40. The maximum atomic E-state index is 12.6. The number of piperidine rings is 1. The van der Waals surface area contributed by atoms with Gasteiger partial charge in [0.05, 0.1) is 4.88 Å². The second kappa shape index (κ2) is 8.47. The van der Waals surface area contributed by atoms with Gasteiger partial charge in [0, 0.05) is 42.6 Å². The Kier molecular flexibility index (Phi) is 5.76. The first-order valence-corrected chi connectivity index (χ1v) is 11.0. The summed E-state index contributed by atoms with van der Waals surface area (Å²) in [5, 5.41) is 12.4. The second-order valence-electron chi connectivity index (χ2n) is 8.12. The molecule has 0 saturated carbocycles. The molecule has 2 N–H and O–H groups in total. The van der Waals surface area contributed by atoms with Crippen molar-refractivity contribution in [1.82, 2.24) is 19.6 Å². The second-order valence-corrected chi connectivity index (χ2v) is 9.24. The van der Waals surface area contributed by atoms with E-state index in [1.165, 1.54) is 11.3 Å². The van der Waals surface area contributed by atoms with E-state index in [4.69, 9.17) is 0 Å². The Hall–Kier alpha value is -2.87. The van der Waals surface area contributed by atoms with Crippen molar-refractivity contribution in [3.63, 3.8) is 0 Å². The summed E-state index contributed by atoms with van der Waals surface area (Å²) in [6.07, 6.45) is 6.32. The molecule has 2 atom stereocenters. The van der Waals surface area contributed by atoms with Gasteiger partial charge in [0.25, 0.3) is 5.91 Å². The maximum Gasteiger partial charge on any atom is 0.407 e. The molecule has 1 saturated heterocycles. The van der Waals surface area contributed by atoms with Crippen molar-refractivity contribution >= 4 is 29.0 Å². The molecule has 30 heavy (non-hydrogen) atoms. The zero-order valence-corrected chi connectivity index (χ0v) is 17.9. The minimum Gasteiger partial charge on any atom is -0.465 e. The van der Waals surface area contributed by atoms with Crippen LogP contribution in [0.3, 0.4) is 0 Å². The van der Waals surface area contributed by atoms with Crippen LogP contribution >= 0.6 is 11.3 Å². The largest absolute Gasteiger partial charge is 0.465 e. The Morgan fingerprint density at radius 1 is 1.30 bits per heavy atom. The van der Waals surface area contributed by atoms with Crippen LogP contribution in [0.1, 0.15) is 52.7 Å². The minimum atomic E-state index is -0.841. The predicted octanol–water partition coefficient (Wildman–Crippen LogP) is 4.21. The number of fused-ring (bicyclic) bond motifs is 1. The molecule has 7 nitrogen and oxygen atoms in total. The molecule has 1 aliphatic rings. The van der Waals surface area contributed by atoms with Crippen LogP contribution in [0.2, 0.25) is 0 Å². The van der Waals surface area contributed by atoms with Crippen molar-refractivity contribution < 1.29 is 14.7 Å². The third-order valence-corrected chi connectivity index (χ3v) is 7.07. The van der Waals surface area contributed by atoms with Gasteiger partial charge < -0.3 is 19.7 Å². The molecule has 0 spiro atoms. The van der Waals surface area contributed by atoms with E-state index >= 15 is 0 Å². The molecule has 2 amide bonds. The third kappa shape index (κ3) is 4.18. The molecule has 158 valence electrons. The zero-order valence-electron chi connectivity index (χ0n) is 17.1. The minimum absolute atomic E-state index is 0.0122. The first kappa shape index (κ1) is 20.4. The van der Waals surface area contributed by atoms with E-state index in [1.54, 1.807) is 11.1 Å². The van der Waals surface area contributed by atoms with Crippen molar-refractivity contribution in [2.45, 2.75) is 45.2 Å². The van der Waals surface area contributed by atoms with E-state index < -0.39 is 6.09 Å². The van der Waals surface area contributed by atoms with Gasteiger partial charge in [-0.1, -0.05) is 13.8 Å². The number of carbonyl (C=O) groups excluding carboxylic acids is 1. The monoisotopic (exact) mass is 426 g/mol. The number of thiophene rings is 1. The standard InChI is InChI=1S/C22H26N4O3S/c1-14(2)17-12-16(6-9-26(17)22(28)29)18-3-4-19(30-18)21(27)24-13-15-5-8-25-10-7-23-20(25)11-15/h3-5,7-8,10-11,14,16-17H,6,9,12-13H2,1-2H3,(H,24,27)(H,28,29). The Morgan fingerprint density at radius 3 is 2.90 bits per heavy atom. The maximum absolute atomic E-state index is 12.6. The Balaban J connectivity index is 1.39. The highest BCUT2D eigenvalue weighted by Crippen LogP contribution is 2.37. The predicted molar refractivity (Wildman–Crippen MR) is 116 cm³/mol. The molecule has 8 heteroatoms. The molecule has 0 aromatic carbocycles. The number of hydrogen-bond acceptors (Lipinski definition) is 4. The van der Waals surface area contributed by atoms with Gasteiger partial charge in [-0.3, -0.25) is 4.79 Å². The van der Waals surface area contributed by atoms with E-state index in [2.05, 4.69) is 24.1 Å². The first-order valence-electron chi connectivity index (χ1n) is 10.2. The van der Waals surface area contributed by atoms with Gasteiger partial charge in [-0.25, -0.2) is 9.78 Å². The summed E-state index contributed by atoms with van der Waals surface area (Å²) in [5.41, 5.74) is 1.85. The van der Waals surface area contributed by atoms with Crippen LogP contribution in [0.5, 0.6) is 0 Å². The van der Waals surface area contributed by atoms with Crippen LogP contribution in [0.4, 0.5) is 4.79 Å². The SMILES string of the molecule is CC(C)C1CC(c2ccc(C(=O)NCc3ccn4ccnc4c3)s2)CCN1C(=O)O. The summed E-state index contributed by atoms with van der Waals surface area (Å²) in [6.45, 7) is 5.12. The lowest BCUT2D eigenvalue weighted by molar-refractivity contribution is 0.0831. The van der Waals surface area contributed by atoms with Crippen LogP contribution < -0.4 is 5.32 Å². The summed E-state index contributed by atoms with van der Waals surface area (Å²) < 4.78 is 1.93. The van der Waals surface area contributed by atoms with Crippen LogP contribution in [0.15, 0.2) is 42.9 Å². The van der Waals surface area contributed by atoms with E-state index in [0.717, 1.165) is 28.9 Å². The molecule has 3 aromatic heterocycles. The van der Waals surface area contributed by atoms with Gasteiger partial charge in [0.2, 0.25) is 0 Å². The van der Waals surface area contributed by atoms with Crippen LogP contribution in [0.25, 0.3) is 5.65 Å². The van der Waals surface area contributed by atoms with Crippen molar-refractivity contribution in [3.05, 3.63) is 58.2 Å². The molecule has 0 aliphatic carbocycles. The smallest absolute Gasteiger partial charge is 0.407 e. The summed E-state index contributed by atoms with van der Waals surface area (Å²) in [7, 11) is 0. The van der Waals surface area contributed by atoms with E-state index in [-0.39, 0.29) is 17.9 Å².